The Bertz CT molecular complexity index is 1150. The maximum Gasteiger partial charge on any atom is 0.270 e. The predicted molar refractivity (Wildman–Crippen MR) is 126 cm³/mol. The Morgan fingerprint density at radius 3 is 2.88 bits per heavy atom. The molecule has 1 fully saturated rings. The molecule has 0 spiro atoms. The van der Waals surface area contributed by atoms with Crippen LogP contribution in [0.4, 0.5) is 10.8 Å². The highest BCUT2D eigenvalue weighted by Gasteiger charge is 2.20. The van der Waals surface area contributed by atoms with Gasteiger partial charge in [0.2, 0.25) is 0 Å². The SMILES string of the molecule is Cc1ccc2nc(N(CCN3CCOCC3)C(=O)/C=C/c3cccc([N+](=O)[O-])c3)sc2c1. The van der Waals surface area contributed by atoms with Crippen LogP contribution in [-0.4, -0.2) is 60.1 Å². The highest BCUT2D eigenvalue weighted by molar-refractivity contribution is 7.22. The molecule has 166 valence electrons. The highest BCUT2D eigenvalue weighted by Crippen LogP contribution is 2.30. The summed E-state index contributed by atoms with van der Waals surface area (Å²) in [5, 5.41) is 11.7. The molecule has 1 aromatic heterocycles. The number of anilines is 1. The van der Waals surface area contributed by atoms with Crippen LogP contribution >= 0.6 is 11.3 Å². The van der Waals surface area contributed by atoms with Gasteiger partial charge in [0.25, 0.3) is 11.6 Å². The summed E-state index contributed by atoms with van der Waals surface area (Å²) in [7, 11) is 0. The third-order valence-electron chi connectivity index (χ3n) is 5.27. The van der Waals surface area contributed by atoms with Crippen LogP contribution in [-0.2, 0) is 9.53 Å². The molecule has 3 aromatic rings. The number of hydrogen-bond acceptors (Lipinski definition) is 7. The number of carbonyl (C=O) groups excluding carboxylic acids is 1. The van der Waals surface area contributed by atoms with E-state index in [9.17, 15) is 14.9 Å². The second kappa shape index (κ2) is 9.99. The minimum Gasteiger partial charge on any atom is -0.379 e. The monoisotopic (exact) mass is 452 g/mol. The molecular formula is C23H24N4O4S. The molecule has 9 heteroatoms. The third kappa shape index (κ3) is 5.37. The number of thiazole rings is 1. The van der Waals surface area contributed by atoms with Gasteiger partial charge in [-0.15, -0.1) is 0 Å². The number of benzene rings is 2. The van der Waals surface area contributed by atoms with Crippen molar-refractivity contribution in [1.29, 1.82) is 0 Å². The molecule has 0 atom stereocenters. The van der Waals surface area contributed by atoms with Gasteiger partial charge in [-0.25, -0.2) is 4.98 Å². The third-order valence-corrected chi connectivity index (χ3v) is 6.31. The van der Waals surface area contributed by atoms with Crippen LogP contribution in [0.25, 0.3) is 16.3 Å². The van der Waals surface area contributed by atoms with E-state index >= 15 is 0 Å². The molecule has 0 bridgehead atoms. The lowest BCUT2D eigenvalue weighted by molar-refractivity contribution is -0.384. The zero-order valence-electron chi connectivity index (χ0n) is 17.8. The topological polar surface area (TPSA) is 88.8 Å². The molecule has 0 unspecified atom stereocenters. The molecule has 4 rings (SSSR count). The Balaban J connectivity index is 1.57. The maximum absolute atomic E-state index is 13.2. The first-order chi connectivity index (χ1) is 15.5. The number of fused-ring (bicyclic) bond motifs is 1. The Hall–Kier alpha value is -3.14. The van der Waals surface area contributed by atoms with E-state index in [4.69, 9.17) is 4.74 Å². The molecule has 1 amide bonds. The predicted octanol–water partition coefficient (Wildman–Crippen LogP) is 3.89. The fourth-order valence-corrected chi connectivity index (χ4v) is 4.60. The normalized spacial score (nSPS) is 14.8. The van der Waals surface area contributed by atoms with Gasteiger partial charge in [-0.2, -0.15) is 0 Å². The van der Waals surface area contributed by atoms with E-state index in [1.165, 1.54) is 29.5 Å². The van der Waals surface area contributed by atoms with Crippen molar-refractivity contribution >= 4 is 44.4 Å². The van der Waals surface area contributed by atoms with Crippen LogP contribution in [0, 0.1) is 17.0 Å². The number of aromatic nitrogens is 1. The molecule has 8 nitrogen and oxygen atoms in total. The van der Waals surface area contributed by atoms with E-state index in [0.717, 1.165) is 28.9 Å². The van der Waals surface area contributed by atoms with Crippen molar-refractivity contribution in [2.75, 3.05) is 44.3 Å². The van der Waals surface area contributed by atoms with Crippen LogP contribution < -0.4 is 4.90 Å². The van der Waals surface area contributed by atoms with Gasteiger partial charge in [-0.3, -0.25) is 24.7 Å². The van der Waals surface area contributed by atoms with Crippen molar-refractivity contribution in [2.45, 2.75) is 6.92 Å². The molecule has 2 aromatic carbocycles. The maximum atomic E-state index is 13.2. The molecule has 1 aliphatic rings. The van der Waals surface area contributed by atoms with Crippen LogP contribution in [0.2, 0.25) is 0 Å². The standard InChI is InChI=1S/C23H24N4O4S/c1-17-5-7-20-21(15-17)32-23(24-20)26(10-9-25-11-13-31-14-12-25)22(28)8-6-18-3-2-4-19(16-18)27(29)30/h2-8,15-16H,9-14H2,1H3/b8-6+. The summed E-state index contributed by atoms with van der Waals surface area (Å²) in [5.41, 5.74) is 2.60. The minimum atomic E-state index is -0.448. The number of nitrogens with zero attached hydrogens (tertiary/aromatic N) is 4. The number of nitro benzene ring substituents is 1. The number of ether oxygens (including phenoxy) is 1. The first-order valence-corrected chi connectivity index (χ1v) is 11.2. The van der Waals surface area contributed by atoms with Gasteiger partial charge < -0.3 is 4.74 Å². The highest BCUT2D eigenvalue weighted by atomic mass is 32.1. The largest absolute Gasteiger partial charge is 0.379 e. The van der Waals surface area contributed by atoms with Gasteiger partial charge in [0.1, 0.15) is 0 Å². The van der Waals surface area contributed by atoms with Crippen LogP contribution in [0.3, 0.4) is 0 Å². The Labute approximate surface area is 189 Å². The first-order valence-electron chi connectivity index (χ1n) is 10.4. The van der Waals surface area contributed by atoms with Crippen molar-refractivity contribution in [3.8, 4) is 0 Å². The number of rotatable bonds is 7. The molecule has 0 saturated carbocycles. The number of hydrogen-bond donors (Lipinski definition) is 0. The molecule has 0 radical (unpaired) electrons. The number of non-ortho nitro benzene ring substituents is 1. The van der Waals surface area contributed by atoms with E-state index in [1.807, 2.05) is 19.1 Å². The molecule has 1 aliphatic heterocycles. The summed E-state index contributed by atoms with van der Waals surface area (Å²) in [6.07, 6.45) is 3.06. The van der Waals surface area contributed by atoms with E-state index in [2.05, 4.69) is 16.0 Å². The van der Waals surface area contributed by atoms with Gasteiger partial charge in [-0.1, -0.05) is 29.5 Å². The lowest BCUT2D eigenvalue weighted by atomic mass is 10.2. The van der Waals surface area contributed by atoms with Gasteiger partial charge in [0.05, 0.1) is 28.4 Å². The van der Waals surface area contributed by atoms with Gasteiger partial charge in [0, 0.05) is 44.4 Å². The van der Waals surface area contributed by atoms with Crippen molar-refractivity contribution < 1.29 is 14.5 Å². The fraction of sp³-hybridized carbons (Fsp3) is 0.304. The van der Waals surface area contributed by atoms with E-state index in [1.54, 1.807) is 23.1 Å². The van der Waals surface area contributed by atoms with E-state index < -0.39 is 4.92 Å². The number of amides is 1. The fourth-order valence-electron chi connectivity index (χ4n) is 3.50. The number of aryl methyl sites for hydroxylation is 1. The summed E-state index contributed by atoms with van der Waals surface area (Å²) < 4.78 is 6.45. The smallest absolute Gasteiger partial charge is 0.270 e. The Morgan fingerprint density at radius 1 is 1.28 bits per heavy atom. The van der Waals surface area contributed by atoms with Crippen molar-refractivity contribution in [1.82, 2.24) is 9.88 Å². The van der Waals surface area contributed by atoms with Crippen LogP contribution in [0.15, 0.2) is 48.5 Å². The summed E-state index contributed by atoms with van der Waals surface area (Å²) in [4.78, 5) is 32.4. The number of carbonyl (C=O) groups is 1. The lowest BCUT2D eigenvalue weighted by Crippen LogP contribution is -2.42. The zero-order valence-corrected chi connectivity index (χ0v) is 18.6. The van der Waals surface area contributed by atoms with E-state index in [0.29, 0.717) is 37.0 Å². The quantitative estimate of drug-likeness (QED) is 0.307. The zero-order chi connectivity index (χ0) is 22.5. The van der Waals surface area contributed by atoms with E-state index in [-0.39, 0.29) is 11.6 Å². The molecule has 0 N–H and O–H groups in total. The molecule has 32 heavy (non-hydrogen) atoms. The summed E-state index contributed by atoms with van der Waals surface area (Å²) in [5.74, 6) is -0.208. The van der Waals surface area contributed by atoms with Gasteiger partial charge >= 0.3 is 0 Å². The van der Waals surface area contributed by atoms with Crippen molar-refractivity contribution in [3.05, 3.63) is 69.8 Å². The second-order valence-electron chi connectivity index (χ2n) is 7.60. The molecular weight excluding hydrogens is 428 g/mol. The average Bonchev–Trinajstić information content (AvgIpc) is 3.21. The number of nitro groups is 1. The molecule has 0 aliphatic carbocycles. The van der Waals surface area contributed by atoms with Crippen LogP contribution in [0.1, 0.15) is 11.1 Å². The number of morpholine rings is 1. The summed E-state index contributed by atoms with van der Waals surface area (Å²) in [6, 6.07) is 12.3. The second-order valence-corrected chi connectivity index (χ2v) is 8.61. The lowest BCUT2D eigenvalue weighted by Gasteiger charge is -2.28. The average molecular weight is 453 g/mol. The van der Waals surface area contributed by atoms with Crippen molar-refractivity contribution in [2.24, 2.45) is 0 Å². The Morgan fingerprint density at radius 2 is 2.09 bits per heavy atom. The van der Waals surface area contributed by atoms with Gasteiger partial charge in [-0.05, 0) is 36.3 Å². The Kier molecular flexibility index (Phi) is 6.89. The summed E-state index contributed by atoms with van der Waals surface area (Å²) >= 11 is 1.49. The molecule has 1 saturated heterocycles. The van der Waals surface area contributed by atoms with Crippen molar-refractivity contribution in [3.63, 3.8) is 0 Å². The molecule has 2 heterocycles. The van der Waals surface area contributed by atoms with Crippen LogP contribution in [0.5, 0.6) is 0 Å². The minimum absolute atomic E-state index is 0.00897. The van der Waals surface area contributed by atoms with Gasteiger partial charge in [0.15, 0.2) is 5.13 Å². The first kappa shape index (κ1) is 22.1. The summed E-state index contributed by atoms with van der Waals surface area (Å²) in [6.45, 7) is 6.31.